The van der Waals surface area contributed by atoms with Crippen LogP contribution in [0.5, 0.6) is 0 Å². The van der Waals surface area contributed by atoms with Gasteiger partial charge in [0.15, 0.2) is 0 Å². The van der Waals surface area contributed by atoms with Gasteiger partial charge in [0.1, 0.15) is 6.29 Å². The van der Waals surface area contributed by atoms with Gasteiger partial charge in [-0.1, -0.05) is 29.4 Å². The van der Waals surface area contributed by atoms with Crippen molar-refractivity contribution in [2.75, 3.05) is 33.2 Å². The maximum Gasteiger partial charge on any atom is 0.124 e. The molecule has 120 valence electrons. The Bertz CT molecular complexity index is 480. The van der Waals surface area contributed by atoms with Gasteiger partial charge < -0.3 is 15.0 Å². The van der Waals surface area contributed by atoms with E-state index >= 15 is 0 Å². The van der Waals surface area contributed by atoms with Gasteiger partial charge in [0.25, 0.3) is 0 Å². The highest BCUT2D eigenvalue weighted by Gasteiger charge is 2.19. The highest BCUT2D eigenvalue weighted by atomic mass is 35.5. The minimum atomic E-state index is 0.306. The van der Waals surface area contributed by atoms with Gasteiger partial charge in [-0.05, 0) is 49.7 Å². The van der Waals surface area contributed by atoms with Crippen molar-refractivity contribution >= 4 is 29.6 Å². The number of thioether (sulfide) groups is 1. The second-order valence-electron chi connectivity index (χ2n) is 5.77. The predicted octanol–water partition coefficient (Wildman–Crippen LogP) is 3.30. The lowest BCUT2D eigenvalue weighted by Crippen LogP contribution is -2.42. The topological polar surface area (TPSA) is 32.3 Å². The van der Waals surface area contributed by atoms with E-state index in [9.17, 15) is 4.79 Å². The zero-order valence-electron chi connectivity index (χ0n) is 12.9. The molecule has 2 aliphatic heterocycles. The maximum absolute atomic E-state index is 9.97. The third kappa shape index (κ3) is 6.13. The first kappa shape index (κ1) is 17.5. The van der Waals surface area contributed by atoms with E-state index in [-0.39, 0.29) is 0 Å². The zero-order valence-corrected chi connectivity index (χ0v) is 14.4. The number of benzene rings is 1. The molecule has 1 N–H and O–H groups in total. The van der Waals surface area contributed by atoms with E-state index in [0.29, 0.717) is 5.92 Å². The van der Waals surface area contributed by atoms with Gasteiger partial charge in [0.2, 0.25) is 0 Å². The third-order valence-electron chi connectivity index (χ3n) is 3.75. The maximum atomic E-state index is 9.97. The standard InChI is InChI=1S/C12H14ClNS.C5H9NO/c1-14-8-10(9-14)6-7-15-12-4-2-11(13)3-5-12;7-4-5-1-2-6-3-5/h2-7,10H,8-9H2,1H3;4-6H,1-3H2/b7-6+;. The summed E-state index contributed by atoms with van der Waals surface area (Å²) in [6, 6.07) is 7.94. The Morgan fingerprint density at radius 2 is 2.00 bits per heavy atom. The third-order valence-corrected chi connectivity index (χ3v) is 4.84. The number of carbonyl (C=O) groups excluding carboxylic acids is 1. The largest absolute Gasteiger partial charge is 0.316 e. The fourth-order valence-electron chi connectivity index (χ4n) is 2.40. The van der Waals surface area contributed by atoms with Gasteiger partial charge in [-0.25, -0.2) is 0 Å². The summed E-state index contributed by atoms with van der Waals surface area (Å²) in [6.07, 6.45) is 4.35. The first-order chi connectivity index (χ1) is 10.7. The highest BCUT2D eigenvalue weighted by Crippen LogP contribution is 2.23. The minimum Gasteiger partial charge on any atom is -0.316 e. The molecule has 1 aromatic rings. The molecule has 0 radical (unpaired) electrons. The Morgan fingerprint density at radius 1 is 1.27 bits per heavy atom. The summed E-state index contributed by atoms with van der Waals surface area (Å²) < 4.78 is 0. The molecule has 0 saturated carbocycles. The normalized spacial score (nSPS) is 22.2. The van der Waals surface area contributed by atoms with Crippen LogP contribution in [0.1, 0.15) is 6.42 Å². The summed E-state index contributed by atoms with van der Waals surface area (Å²) in [5.74, 6) is 1.05. The molecule has 2 fully saturated rings. The number of hydrogen-bond acceptors (Lipinski definition) is 4. The Balaban J connectivity index is 0.000000211. The number of aldehydes is 1. The van der Waals surface area contributed by atoms with Gasteiger partial charge in [-0.15, -0.1) is 0 Å². The van der Waals surface area contributed by atoms with Crippen LogP contribution in [-0.2, 0) is 4.79 Å². The van der Waals surface area contributed by atoms with Crippen LogP contribution in [0, 0.1) is 11.8 Å². The van der Waals surface area contributed by atoms with Crippen LogP contribution in [0.15, 0.2) is 40.6 Å². The second kappa shape index (κ2) is 9.36. The number of halogens is 1. The molecule has 2 aliphatic rings. The Hall–Kier alpha value is -0.810. The quantitative estimate of drug-likeness (QED) is 0.674. The van der Waals surface area contributed by atoms with Crippen LogP contribution in [-0.4, -0.2) is 44.4 Å². The number of carbonyl (C=O) groups is 1. The van der Waals surface area contributed by atoms with Crippen molar-refractivity contribution in [3.63, 3.8) is 0 Å². The van der Waals surface area contributed by atoms with E-state index in [1.54, 1.807) is 11.8 Å². The van der Waals surface area contributed by atoms with Gasteiger partial charge in [-0.2, -0.15) is 0 Å². The van der Waals surface area contributed by atoms with Crippen molar-refractivity contribution in [1.82, 2.24) is 10.2 Å². The summed E-state index contributed by atoms with van der Waals surface area (Å²) in [5, 5.41) is 6.07. The molecule has 0 spiro atoms. The molecule has 0 amide bonds. The van der Waals surface area contributed by atoms with Crippen LogP contribution in [0.2, 0.25) is 5.02 Å². The minimum absolute atomic E-state index is 0.306. The summed E-state index contributed by atoms with van der Waals surface area (Å²) in [4.78, 5) is 13.5. The molecule has 0 aromatic heterocycles. The van der Waals surface area contributed by atoms with Crippen molar-refractivity contribution in [2.24, 2.45) is 11.8 Å². The van der Waals surface area contributed by atoms with E-state index in [4.69, 9.17) is 11.6 Å². The van der Waals surface area contributed by atoms with Crippen LogP contribution < -0.4 is 5.32 Å². The van der Waals surface area contributed by atoms with Gasteiger partial charge >= 0.3 is 0 Å². The molecule has 3 nitrogen and oxygen atoms in total. The Kier molecular flexibility index (Phi) is 7.46. The molecule has 5 heteroatoms. The van der Waals surface area contributed by atoms with E-state index in [2.05, 4.69) is 28.7 Å². The fraction of sp³-hybridized carbons (Fsp3) is 0.471. The fourth-order valence-corrected chi connectivity index (χ4v) is 3.28. The molecular formula is C17H23ClN2OS. The molecule has 2 saturated heterocycles. The molecule has 3 rings (SSSR count). The summed E-state index contributed by atoms with van der Waals surface area (Å²) in [5.41, 5.74) is 0. The molecule has 1 unspecified atom stereocenters. The van der Waals surface area contributed by atoms with Gasteiger partial charge in [0, 0.05) is 41.4 Å². The van der Waals surface area contributed by atoms with Crippen LogP contribution in [0.25, 0.3) is 0 Å². The number of nitrogens with one attached hydrogen (secondary N) is 1. The van der Waals surface area contributed by atoms with E-state index in [1.807, 2.05) is 24.3 Å². The van der Waals surface area contributed by atoms with Crippen LogP contribution in [0.4, 0.5) is 0 Å². The number of nitrogens with zero attached hydrogens (tertiary/aromatic N) is 1. The Morgan fingerprint density at radius 3 is 2.50 bits per heavy atom. The van der Waals surface area contributed by atoms with Crippen molar-refractivity contribution in [3.8, 4) is 0 Å². The second-order valence-corrected chi connectivity index (χ2v) is 7.19. The summed E-state index contributed by atoms with van der Waals surface area (Å²) in [7, 11) is 2.15. The van der Waals surface area contributed by atoms with Crippen molar-refractivity contribution in [3.05, 3.63) is 40.8 Å². The van der Waals surface area contributed by atoms with Gasteiger partial charge in [-0.3, -0.25) is 0 Å². The van der Waals surface area contributed by atoms with E-state index < -0.39 is 0 Å². The highest BCUT2D eigenvalue weighted by molar-refractivity contribution is 8.02. The molecule has 22 heavy (non-hydrogen) atoms. The van der Waals surface area contributed by atoms with Crippen molar-refractivity contribution < 1.29 is 4.79 Å². The first-order valence-electron chi connectivity index (χ1n) is 7.61. The van der Waals surface area contributed by atoms with Crippen molar-refractivity contribution in [1.29, 1.82) is 0 Å². The number of likely N-dealkylation sites (tertiary alicyclic amines) is 1. The lowest BCUT2D eigenvalue weighted by atomic mass is 10.0. The molecule has 1 atom stereocenters. The monoisotopic (exact) mass is 338 g/mol. The SMILES string of the molecule is CN1CC(/C=C/Sc2ccc(Cl)cc2)C1.O=CC1CCNC1. The summed E-state index contributed by atoms with van der Waals surface area (Å²) in [6.45, 7) is 4.29. The van der Waals surface area contributed by atoms with Crippen LogP contribution >= 0.6 is 23.4 Å². The average molecular weight is 339 g/mol. The average Bonchev–Trinajstić information content (AvgIpc) is 3.01. The lowest BCUT2D eigenvalue weighted by molar-refractivity contribution is -0.110. The number of rotatable bonds is 4. The molecule has 2 heterocycles. The smallest absolute Gasteiger partial charge is 0.124 e. The summed E-state index contributed by atoms with van der Waals surface area (Å²) >= 11 is 7.56. The molecule has 0 aliphatic carbocycles. The van der Waals surface area contributed by atoms with Crippen LogP contribution in [0.3, 0.4) is 0 Å². The zero-order chi connectivity index (χ0) is 15.8. The Labute approximate surface area is 142 Å². The number of hydrogen-bond donors (Lipinski definition) is 1. The molecular weight excluding hydrogens is 316 g/mol. The first-order valence-corrected chi connectivity index (χ1v) is 8.86. The van der Waals surface area contributed by atoms with E-state index in [1.165, 1.54) is 18.0 Å². The predicted molar refractivity (Wildman–Crippen MR) is 94.5 cm³/mol. The lowest BCUT2D eigenvalue weighted by Gasteiger charge is -2.33. The van der Waals surface area contributed by atoms with E-state index in [0.717, 1.165) is 36.7 Å². The van der Waals surface area contributed by atoms with Crippen molar-refractivity contribution in [2.45, 2.75) is 11.3 Å². The molecule has 0 bridgehead atoms. The van der Waals surface area contributed by atoms with Gasteiger partial charge in [0.05, 0.1) is 0 Å². The molecule has 1 aromatic carbocycles.